The van der Waals surface area contributed by atoms with Crippen molar-refractivity contribution in [3.63, 3.8) is 0 Å². The lowest BCUT2D eigenvalue weighted by Crippen LogP contribution is -2.00. The molecule has 7 heteroatoms. The van der Waals surface area contributed by atoms with Crippen LogP contribution in [0.2, 0.25) is 0 Å². The summed E-state index contributed by atoms with van der Waals surface area (Å²) in [6.45, 7) is 0. The minimum Gasteiger partial charge on any atom is -0.399 e. The summed E-state index contributed by atoms with van der Waals surface area (Å²) < 4.78 is 3.56. The van der Waals surface area contributed by atoms with Gasteiger partial charge in [-0.25, -0.2) is 0 Å². The van der Waals surface area contributed by atoms with Crippen LogP contribution in [-0.2, 0) is 0 Å². The quantitative estimate of drug-likeness (QED) is 0.676. The van der Waals surface area contributed by atoms with Crippen LogP contribution in [0.4, 0.5) is 5.69 Å². The van der Waals surface area contributed by atoms with E-state index in [4.69, 9.17) is 5.73 Å². The van der Waals surface area contributed by atoms with Gasteiger partial charge >= 0.3 is 0 Å². The van der Waals surface area contributed by atoms with Gasteiger partial charge in [-0.2, -0.15) is 4.68 Å². The van der Waals surface area contributed by atoms with Crippen molar-refractivity contribution in [2.75, 3.05) is 5.73 Å². The van der Waals surface area contributed by atoms with Gasteiger partial charge in [-0.1, -0.05) is 31.9 Å². The Kier molecular flexibility index (Phi) is 3.54. The third kappa shape index (κ3) is 2.46. The maximum atomic E-state index is 5.84. The molecule has 0 unspecified atom stereocenters. The Hall–Kier alpha value is -1.73. The zero-order valence-electron chi connectivity index (χ0n) is 10.2. The van der Waals surface area contributed by atoms with Crippen LogP contribution >= 0.6 is 31.9 Å². The molecule has 0 saturated heterocycles. The number of rotatable bonds is 2. The van der Waals surface area contributed by atoms with Crippen molar-refractivity contribution >= 4 is 37.5 Å². The average molecular weight is 395 g/mol. The summed E-state index contributed by atoms with van der Waals surface area (Å²) in [6, 6.07) is 13.3. The number of hydrogen-bond acceptors (Lipinski definition) is 4. The summed E-state index contributed by atoms with van der Waals surface area (Å²) in [6.07, 6.45) is 0. The van der Waals surface area contributed by atoms with Crippen LogP contribution in [0.5, 0.6) is 0 Å². The van der Waals surface area contributed by atoms with Gasteiger partial charge in [-0.3, -0.25) is 0 Å². The first-order valence-electron chi connectivity index (χ1n) is 5.75. The highest BCUT2D eigenvalue weighted by atomic mass is 79.9. The number of aromatic nitrogens is 4. The van der Waals surface area contributed by atoms with Crippen LogP contribution in [0.25, 0.3) is 17.1 Å². The van der Waals surface area contributed by atoms with Gasteiger partial charge in [0, 0.05) is 20.2 Å². The third-order valence-corrected chi connectivity index (χ3v) is 3.99. The molecular weight excluding hydrogens is 386 g/mol. The molecule has 1 heterocycles. The average Bonchev–Trinajstić information content (AvgIpc) is 2.91. The minimum atomic E-state index is 0.631. The Bertz CT molecular complexity index is 752. The Morgan fingerprint density at radius 3 is 2.50 bits per heavy atom. The van der Waals surface area contributed by atoms with Gasteiger partial charge in [-0.15, -0.1) is 5.10 Å². The number of nitrogens with two attached hydrogens (primary N) is 1. The van der Waals surface area contributed by atoms with Crippen LogP contribution in [0.1, 0.15) is 0 Å². The summed E-state index contributed by atoms with van der Waals surface area (Å²) in [5.74, 6) is 0.631. The van der Waals surface area contributed by atoms with E-state index in [9.17, 15) is 0 Å². The molecule has 20 heavy (non-hydrogen) atoms. The molecule has 0 aliphatic heterocycles. The van der Waals surface area contributed by atoms with E-state index in [-0.39, 0.29) is 0 Å². The maximum absolute atomic E-state index is 5.84. The lowest BCUT2D eigenvalue weighted by atomic mass is 10.2. The number of nitrogens with zero attached hydrogens (tertiary/aromatic N) is 4. The summed E-state index contributed by atoms with van der Waals surface area (Å²) in [7, 11) is 0. The zero-order valence-corrected chi connectivity index (χ0v) is 13.3. The SMILES string of the molecule is Nc1ccc(Br)c(-c2nnnn2-c2ccc(Br)cc2)c1. The van der Waals surface area contributed by atoms with E-state index in [1.54, 1.807) is 4.68 Å². The molecule has 0 spiro atoms. The molecule has 3 aromatic rings. The van der Waals surface area contributed by atoms with Gasteiger partial charge in [0.15, 0.2) is 5.82 Å². The standard InChI is InChI=1S/C13H9Br2N5/c14-8-1-4-10(5-2-8)20-13(17-18-19-20)11-7-9(16)3-6-12(11)15/h1-7H,16H2. The first kappa shape index (κ1) is 13.3. The summed E-state index contributed by atoms with van der Waals surface area (Å²) in [5, 5.41) is 11.9. The fourth-order valence-electron chi connectivity index (χ4n) is 1.83. The van der Waals surface area contributed by atoms with Crippen molar-refractivity contribution in [2.24, 2.45) is 0 Å². The van der Waals surface area contributed by atoms with Crippen LogP contribution in [0.3, 0.4) is 0 Å². The third-order valence-electron chi connectivity index (χ3n) is 2.77. The van der Waals surface area contributed by atoms with Crippen molar-refractivity contribution in [1.29, 1.82) is 0 Å². The van der Waals surface area contributed by atoms with Gasteiger partial charge in [-0.05, 0) is 52.9 Å². The zero-order chi connectivity index (χ0) is 14.1. The van der Waals surface area contributed by atoms with E-state index in [0.29, 0.717) is 11.5 Å². The molecular formula is C13H9Br2N5. The Morgan fingerprint density at radius 2 is 1.75 bits per heavy atom. The molecule has 0 aliphatic rings. The van der Waals surface area contributed by atoms with E-state index in [1.807, 2.05) is 42.5 Å². The second kappa shape index (κ2) is 5.34. The molecule has 0 amide bonds. The number of tetrazole rings is 1. The molecule has 0 radical (unpaired) electrons. The molecule has 2 aromatic carbocycles. The number of hydrogen-bond donors (Lipinski definition) is 1. The Balaban J connectivity index is 2.15. The number of halogens is 2. The Morgan fingerprint density at radius 1 is 1.00 bits per heavy atom. The largest absolute Gasteiger partial charge is 0.399 e. The van der Waals surface area contributed by atoms with Crippen LogP contribution in [0, 0.1) is 0 Å². The molecule has 3 rings (SSSR count). The summed E-state index contributed by atoms with van der Waals surface area (Å²) in [4.78, 5) is 0. The predicted octanol–water partition coefficient (Wildman–Crippen LogP) is 3.44. The topological polar surface area (TPSA) is 69.6 Å². The molecule has 100 valence electrons. The molecule has 0 aliphatic carbocycles. The normalized spacial score (nSPS) is 10.7. The predicted molar refractivity (Wildman–Crippen MR) is 84.4 cm³/mol. The van der Waals surface area contributed by atoms with Crippen LogP contribution < -0.4 is 5.73 Å². The van der Waals surface area contributed by atoms with Crippen molar-refractivity contribution in [3.05, 3.63) is 51.4 Å². The fraction of sp³-hybridized carbons (Fsp3) is 0. The lowest BCUT2D eigenvalue weighted by molar-refractivity contribution is 0.791. The fourth-order valence-corrected chi connectivity index (χ4v) is 2.51. The van der Waals surface area contributed by atoms with Crippen molar-refractivity contribution in [1.82, 2.24) is 20.2 Å². The van der Waals surface area contributed by atoms with E-state index in [0.717, 1.165) is 20.2 Å². The van der Waals surface area contributed by atoms with Gasteiger partial charge in [0.2, 0.25) is 0 Å². The number of anilines is 1. The van der Waals surface area contributed by atoms with Crippen molar-refractivity contribution in [2.45, 2.75) is 0 Å². The lowest BCUT2D eigenvalue weighted by Gasteiger charge is -2.07. The van der Waals surface area contributed by atoms with Crippen molar-refractivity contribution < 1.29 is 0 Å². The molecule has 0 atom stereocenters. The molecule has 2 N–H and O–H groups in total. The molecule has 0 bridgehead atoms. The first-order chi connectivity index (χ1) is 9.65. The van der Waals surface area contributed by atoms with Gasteiger partial charge in [0.05, 0.1) is 5.69 Å². The van der Waals surface area contributed by atoms with E-state index >= 15 is 0 Å². The molecule has 5 nitrogen and oxygen atoms in total. The molecule has 0 fully saturated rings. The van der Waals surface area contributed by atoms with Crippen LogP contribution in [0.15, 0.2) is 51.4 Å². The highest BCUT2D eigenvalue weighted by Crippen LogP contribution is 2.29. The maximum Gasteiger partial charge on any atom is 0.188 e. The first-order valence-corrected chi connectivity index (χ1v) is 7.33. The molecule has 0 saturated carbocycles. The van der Waals surface area contributed by atoms with Gasteiger partial charge in [0.25, 0.3) is 0 Å². The van der Waals surface area contributed by atoms with E-state index < -0.39 is 0 Å². The smallest absolute Gasteiger partial charge is 0.188 e. The highest BCUT2D eigenvalue weighted by Gasteiger charge is 2.13. The Labute approximate surface area is 132 Å². The van der Waals surface area contributed by atoms with Crippen molar-refractivity contribution in [3.8, 4) is 17.1 Å². The molecule has 1 aromatic heterocycles. The summed E-state index contributed by atoms with van der Waals surface area (Å²) in [5.41, 5.74) is 8.22. The minimum absolute atomic E-state index is 0.631. The van der Waals surface area contributed by atoms with E-state index in [2.05, 4.69) is 47.4 Å². The summed E-state index contributed by atoms with van der Waals surface area (Å²) >= 11 is 6.91. The van der Waals surface area contributed by atoms with E-state index in [1.165, 1.54) is 0 Å². The monoisotopic (exact) mass is 393 g/mol. The second-order valence-electron chi connectivity index (χ2n) is 4.13. The second-order valence-corrected chi connectivity index (χ2v) is 5.90. The van der Waals surface area contributed by atoms with Crippen LogP contribution in [-0.4, -0.2) is 20.2 Å². The van der Waals surface area contributed by atoms with Gasteiger partial charge < -0.3 is 5.73 Å². The number of benzene rings is 2. The highest BCUT2D eigenvalue weighted by molar-refractivity contribution is 9.10. The number of nitrogen functional groups attached to an aromatic ring is 1. The van der Waals surface area contributed by atoms with Gasteiger partial charge in [0.1, 0.15) is 0 Å².